The number of hydrogen-bond acceptors (Lipinski definition) is 6. The number of sulfonamides is 1. The summed E-state index contributed by atoms with van der Waals surface area (Å²) >= 11 is 0. The van der Waals surface area contributed by atoms with E-state index in [2.05, 4.69) is 5.32 Å². The zero-order valence-corrected chi connectivity index (χ0v) is 26.1. The largest absolute Gasteiger partial charge is 0.497 e. The highest BCUT2D eigenvalue weighted by Gasteiger charge is 2.43. The Hall–Kier alpha value is -4.74. The molecule has 5 rings (SSSR count). The normalized spacial score (nSPS) is 15.0. The summed E-state index contributed by atoms with van der Waals surface area (Å²) < 4.78 is 34.8. The molecule has 2 amide bonds. The molecule has 0 saturated carbocycles. The predicted octanol–water partition coefficient (Wildman–Crippen LogP) is 3.59. The van der Waals surface area contributed by atoms with Crippen LogP contribution in [0, 0.1) is 12.3 Å². The molecule has 0 bridgehead atoms. The first-order valence-electron chi connectivity index (χ1n) is 14.7. The lowest BCUT2D eigenvalue weighted by Gasteiger charge is -2.27. The van der Waals surface area contributed by atoms with Crippen molar-refractivity contribution in [3.63, 3.8) is 0 Å². The van der Waals surface area contributed by atoms with Crippen molar-refractivity contribution in [1.82, 2.24) is 14.5 Å². The van der Waals surface area contributed by atoms with E-state index in [0.717, 1.165) is 26.4 Å². The van der Waals surface area contributed by atoms with Gasteiger partial charge < -0.3 is 20.7 Å². The second-order valence-corrected chi connectivity index (χ2v) is 13.1. The van der Waals surface area contributed by atoms with Gasteiger partial charge in [-0.1, -0.05) is 60.2 Å². The van der Waals surface area contributed by atoms with Gasteiger partial charge in [-0.15, -0.1) is 0 Å². The number of carbonyl (C=O) groups excluding carboxylic acids is 2. The standard InChI is InChI=1S/C34H37N5O5S/c1-23-6-8-24(9-7-23)14-16-37-32(40)22-39(45(42,43)30-13-11-26-10-12-29(44-2)19-28(26)20-30)31-15-17-38(34(31)41)21-25-4-3-5-27(18-25)33(35)36/h3-13,18-20,31H,14-17,21-22H2,1-2H3,(H3,35,36)(H,37,40)/t31-/m0/s1. The minimum Gasteiger partial charge on any atom is -0.497 e. The number of rotatable bonds is 12. The number of amidine groups is 1. The number of aryl methyl sites for hydroxylation is 1. The van der Waals surface area contributed by atoms with Gasteiger partial charge in [-0.05, 0) is 72.0 Å². The molecule has 45 heavy (non-hydrogen) atoms. The molecule has 11 heteroatoms. The highest BCUT2D eigenvalue weighted by Crippen LogP contribution is 2.29. The summed E-state index contributed by atoms with van der Waals surface area (Å²) in [5.41, 5.74) is 9.13. The Morgan fingerprint density at radius 1 is 1.02 bits per heavy atom. The SMILES string of the molecule is COc1ccc2ccc(S(=O)(=O)N(CC(=O)NCCc3ccc(C)cc3)[C@H]3CCN(Cc4cccc(C(=N)N)c4)C3=O)cc2c1. The number of nitrogen functional groups attached to an aromatic ring is 1. The number of methoxy groups -OCH3 is 1. The Bertz CT molecular complexity index is 1840. The fourth-order valence-electron chi connectivity index (χ4n) is 5.49. The van der Waals surface area contributed by atoms with Crippen LogP contribution in [0.15, 0.2) is 89.8 Å². The first-order valence-corrected chi connectivity index (χ1v) is 16.1. The van der Waals surface area contributed by atoms with Crippen molar-refractivity contribution in [2.75, 3.05) is 26.7 Å². The Kier molecular flexibility index (Phi) is 9.50. The molecule has 0 spiro atoms. The average Bonchev–Trinajstić information content (AvgIpc) is 3.38. The Labute approximate surface area is 263 Å². The van der Waals surface area contributed by atoms with E-state index in [-0.39, 0.29) is 29.6 Å². The van der Waals surface area contributed by atoms with E-state index in [9.17, 15) is 18.0 Å². The molecule has 4 N–H and O–H groups in total. The number of nitrogens with one attached hydrogen (secondary N) is 2. The maximum absolute atomic E-state index is 14.2. The van der Waals surface area contributed by atoms with Crippen LogP contribution < -0.4 is 15.8 Å². The number of nitrogens with two attached hydrogens (primary N) is 1. The second-order valence-electron chi connectivity index (χ2n) is 11.2. The van der Waals surface area contributed by atoms with Crippen molar-refractivity contribution in [2.45, 2.75) is 37.2 Å². The molecule has 0 aromatic heterocycles. The van der Waals surface area contributed by atoms with Crippen molar-refractivity contribution in [2.24, 2.45) is 5.73 Å². The molecular weight excluding hydrogens is 590 g/mol. The summed E-state index contributed by atoms with van der Waals surface area (Å²) in [6, 6.07) is 24.1. The van der Waals surface area contributed by atoms with E-state index >= 15 is 0 Å². The van der Waals surface area contributed by atoms with Crippen LogP contribution in [0.3, 0.4) is 0 Å². The van der Waals surface area contributed by atoms with Gasteiger partial charge in [0.15, 0.2) is 0 Å². The third-order valence-electron chi connectivity index (χ3n) is 8.01. The van der Waals surface area contributed by atoms with Crippen LogP contribution in [0.4, 0.5) is 0 Å². The molecule has 1 saturated heterocycles. The Balaban J connectivity index is 1.39. The van der Waals surface area contributed by atoms with Crippen LogP contribution in [0.2, 0.25) is 0 Å². The fourth-order valence-corrected chi connectivity index (χ4v) is 7.10. The van der Waals surface area contributed by atoms with Crippen molar-refractivity contribution in [1.29, 1.82) is 5.41 Å². The lowest BCUT2D eigenvalue weighted by Crippen LogP contribution is -2.49. The van der Waals surface area contributed by atoms with Gasteiger partial charge in [-0.25, -0.2) is 8.42 Å². The van der Waals surface area contributed by atoms with E-state index < -0.39 is 28.5 Å². The minimum absolute atomic E-state index is 0.0175. The number of likely N-dealkylation sites (tertiary alicyclic amines) is 1. The van der Waals surface area contributed by atoms with Gasteiger partial charge in [-0.2, -0.15) is 4.31 Å². The second kappa shape index (κ2) is 13.5. The van der Waals surface area contributed by atoms with Crippen LogP contribution >= 0.6 is 0 Å². The molecular formula is C34H37N5O5S. The van der Waals surface area contributed by atoms with E-state index in [1.54, 1.807) is 47.4 Å². The lowest BCUT2D eigenvalue weighted by atomic mass is 10.1. The molecule has 234 valence electrons. The lowest BCUT2D eigenvalue weighted by molar-refractivity contribution is -0.131. The molecule has 0 radical (unpaired) electrons. The van der Waals surface area contributed by atoms with Crippen molar-refractivity contribution in [3.8, 4) is 5.75 Å². The number of amides is 2. The third-order valence-corrected chi connectivity index (χ3v) is 9.86. The number of carbonyl (C=O) groups is 2. The molecule has 0 aliphatic carbocycles. The van der Waals surface area contributed by atoms with Crippen LogP contribution in [-0.4, -0.2) is 68.1 Å². The average molecular weight is 628 g/mol. The van der Waals surface area contributed by atoms with Crippen LogP contribution in [0.1, 0.15) is 28.7 Å². The van der Waals surface area contributed by atoms with Gasteiger partial charge in [0.1, 0.15) is 17.6 Å². The predicted molar refractivity (Wildman–Crippen MR) is 174 cm³/mol. The molecule has 10 nitrogen and oxygen atoms in total. The molecule has 1 atom stereocenters. The highest BCUT2D eigenvalue weighted by atomic mass is 32.2. The van der Waals surface area contributed by atoms with Gasteiger partial charge >= 0.3 is 0 Å². The van der Waals surface area contributed by atoms with Crippen molar-refractivity contribution >= 4 is 38.4 Å². The molecule has 0 unspecified atom stereocenters. The van der Waals surface area contributed by atoms with Gasteiger partial charge in [0.2, 0.25) is 21.8 Å². The van der Waals surface area contributed by atoms with Crippen LogP contribution in [0.5, 0.6) is 5.75 Å². The van der Waals surface area contributed by atoms with Crippen molar-refractivity contribution in [3.05, 3.63) is 107 Å². The number of benzene rings is 4. The molecule has 4 aromatic rings. The van der Waals surface area contributed by atoms with E-state index in [1.165, 1.54) is 13.2 Å². The number of hydrogen-bond donors (Lipinski definition) is 3. The molecule has 1 heterocycles. The zero-order valence-electron chi connectivity index (χ0n) is 25.3. The Morgan fingerprint density at radius 2 is 1.78 bits per heavy atom. The smallest absolute Gasteiger partial charge is 0.244 e. The third kappa shape index (κ3) is 7.33. The summed E-state index contributed by atoms with van der Waals surface area (Å²) in [7, 11) is -2.74. The van der Waals surface area contributed by atoms with Gasteiger partial charge in [0, 0.05) is 25.2 Å². The first-order chi connectivity index (χ1) is 21.5. The van der Waals surface area contributed by atoms with Crippen LogP contribution in [-0.2, 0) is 32.6 Å². The number of ether oxygens (including phenoxy) is 1. The number of fused-ring (bicyclic) bond motifs is 1. The van der Waals surface area contributed by atoms with Gasteiger partial charge in [0.25, 0.3) is 0 Å². The monoisotopic (exact) mass is 627 g/mol. The van der Waals surface area contributed by atoms with E-state index in [0.29, 0.717) is 36.2 Å². The molecule has 4 aromatic carbocycles. The fraction of sp³-hybridized carbons (Fsp3) is 0.265. The summed E-state index contributed by atoms with van der Waals surface area (Å²) in [6.45, 7) is 2.35. The topological polar surface area (TPSA) is 146 Å². The van der Waals surface area contributed by atoms with Gasteiger partial charge in [0.05, 0.1) is 18.6 Å². The summed E-state index contributed by atoms with van der Waals surface area (Å²) in [5, 5.41) is 12.0. The van der Waals surface area contributed by atoms with E-state index in [1.807, 2.05) is 43.3 Å². The Morgan fingerprint density at radius 3 is 2.51 bits per heavy atom. The van der Waals surface area contributed by atoms with Gasteiger partial charge in [-0.3, -0.25) is 15.0 Å². The maximum atomic E-state index is 14.2. The molecule has 1 aliphatic rings. The quantitative estimate of drug-likeness (QED) is 0.162. The first kappa shape index (κ1) is 31.7. The molecule has 1 fully saturated rings. The highest BCUT2D eigenvalue weighted by molar-refractivity contribution is 7.89. The summed E-state index contributed by atoms with van der Waals surface area (Å²) in [4.78, 5) is 28.5. The minimum atomic E-state index is -4.28. The van der Waals surface area contributed by atoms with Crippen molar-refractivity contribution < 1.29 is 22.7 Å². The maximum Gasteiger partial charge on any atom is 0.244 e. The number of nitrogens with zero attached hydrogens (tertiary/aromatic N) is 2. The van der Waals surface area contributed by atoms with Crippen LogP contribution in [0.25, 0.3) is 10.8 Å². The zero-order chi connectivity index (χ0) is 32.1. The summed E-state index contributed by atoms with van der Waals surface area (Å²) in [5.74, 6) is -0.381. The summed E-state index contributed by atoms with van der Waals surface area (Å²) in [6.07, 6.45) is 0.809. The van der Waals surface area contributed by atoms with E-state index in [4.69, 9.17) is 15.9 Å². The molecule has 1 aliphatic heterocycles.